The lowest BCUT2D eigenvalue weighted by Gasteiger charge is -2.30. The predicted molar refractivity (Wildman–Crippen MR) is 70.6 cm³/mol. The fraction of sp³-hybridized carbons (Fsp3) is 0.917. The molecule has 0 heterocycles. The van der Waals surface area contributed by atoms with Gasteiger partial charge in [-0.25, -0.2) is 4.79 Å². The van der Waals surface area contributed by atoms with Crippen molar-refractivity contribution in [1.82, 2.24) is 0 Å². The molecule has 2 unspecified atom stereocenters. The van der Waals surface area contributed by atoms with Crippen molar-refractivity contribution in [1.29, 1.82) is 0 Å². The molecule has 100 valence electrons. The van der Waals surface area contributed by atoms with Gasteiger partial charge in [0.1, 0.15) is 0 Å². The summed E-state index contributed by atoms with van der Waals surface area (Å²) in [5.41, 5.74) is 0. The number of ether oxygens (including phenoxy) is 1. The van der Waals surface area contributed by atoms with Gasteiger partial charge >= 0.3 is 11.9 Å². The van der Waals surface area contributed by atoms with E-state index < -0.39 is 17.8 Å². The summed E-state index contributed by atoms with van der Waals surface area (Å²) in [7, 11) is 0. The molecule has 0 radical (unpaired) electrons. The average Bonchev–Trinajstić information content (AvgIpc) is 2.23. The van der Waals surface area contributed by atoms with E-state index in [0.717, 1.165) is 32.1 Å². The van der Waals surface area contributed by atoms with Gasteiger partial charge in [0.2, 0.25) is 0 Å². The maximum atomic E-state index is 14.0. The van der Waals surface area contributed by atoms with Gasteiger partial charge in [-0.3, -0.25) is 0 Å². The smallest absolute Gasteiger partial charge is 0.377 e. The van der Waals surface area contributed by atoms with Crippen LogP contribution >= 0.6 is 22.6 Å². The molecule has 0 aromatic rings. The van der Waals surface area contributed by atoms with Crippen molar-refractivity contribution >= 4 is 28.6 Å². The minimum absolute atomic E-state index is 0.00700. The Labute approximate surface area is 115 Å². The Hall–Kier alpha value is 0.0600. The monoisotopic (exact) mass is 360 g/mol. The maximum absolute atomic E-state index is 14.0. The van der Waals surface area contributed by atoms with Crippen LogP contribution in [0.1, 0.15) is 45.4 Å². The molecule has 1 rings (SSSR count). The summed E-state index contributed by atoms with van der Waals surface area (Å²) in [5.74, 6) is -5.56. The van der Waals surface area contributed by atoms with Crippen molar-refractivity contribution in [3.8, 4) is 0 Å². The molecule has 2 atom stereocenters. The van der Waals surface area contributed by atoms with Crippen molar-refractivity contribution < 1.29 is 18.3 Å². The summed E-state index contributed by atoms with van der Waals surface area (Å²) in [5, 5.41) is 0. The third-order valence-corrected chi connectivity index (χ3v) is 4.69. The molecule has 0 saturated heterocycles. The van der Waals surface area contributed by atoms with E-state index in [1.54, 1.807) is 6.92 Å². The lowest BCUT2D eigenvalue weighted by molar-refractivity contribution is -0.180. The summed E-state index contributed by atoms with van der Waals surface area (Å²) in [6.07, 6.45) is 5.03. The molecule has 5 heteroatoms. The molecule has 0 aromatic heterocycles. The second-order valence-electron chi connectivity index (χ2n) is 4.46. The van der Waals surface area contributed by atoms with E-state index in [0.29, 0.717) is 6.42 Å². The predicted octanol–water partition coefficient (Wildman–Crippen LogP) is 3.96. The summed E-state index contributed by atoms with van der Waals surface area (Å²) >= 11 is 2.06. The molecule has 17 heavy (non-hydrogen) atoms. The Kier molecular flexibility index (Phi) is 6.09. The minimum atomic E-state index is -3.33. The maximum Gasteiger partial charge on any atom is 0.377 e. The number of esters is 1. The van der Waals surface area contributed by atoms with Crippen LogP contribution in [0.3, 0.4) is 0 Å². The van der Waals surface area contributed by atoms with Crippen LogP contribution < -0.4 is 0 Å². The van der Waals surface area contributed by atoms with Crippen molar-refractivity contribution in [2.45, 2.75) is 55.3 Å². The third kappa shape index (κ3) is 4.03. The lowest BCUT2D eigenvalue weighted by Crippen LogP contribution is -2.43. The van der Waals surface area contributed by atoms with Gasteiger partial charge in [-0.2, -0.15) is 8.78 Å². The Morgan fingerprint density at radius 1 is 1.29 bits per heavy atom. The first kappa shape index (κ1) is 15.1. The Morgan fingerprint density at radius 3 is 2.47 bits per heavy atom. The van der Waals surface area contributed by atoms with Crippen molar-refractivity contribution in [2.75, 3.05) is 6.61 Å². The number of hydrogen-bond donors (Lipinski definition) is 0. The number of rotatable bonds is 3. The van der Waals surface area contributed by atoms with E-state index in [4.69, 9.17) is 0 Å². The highest BCUT2D eigenvalue weighted by atomic mass is 127. The molecule has 0 bridgehead atoms. The third-order valence-electron chi connectivity index (χ3n) is 3.19. The molecule has 2 nitrogen and oxygen atoms in total. The van der Waals surface area contributed by atoms with E-state index in [-0.39, 0.29) is 10.5 Å². The number of carbonyl (C=O) groups is 1. The molecular formula is C12H19F2IO2. The molecule has 1 aliphatic rings. The van der Waals surface area contributed by atoms with Crippen molar-refractivity contribution in [3.05, 3.63) is 0 Å². The van der Waals surface area contributed by atoms with Gasteiger partial charge in [0, 0.05) is 9.84 Å². The van der Waals surface area contributed by atoms with Gasteiger partial charge in [0.25, 0.3) is 0 Å². The van der Waals surface area contributed by atoms with Crippen molar-refractivity contribution in [2.24, 2.45) is 5.92 Å². The summed E-state index contributed by atoms with van der Waals surface area (Å²) in [6.45, 7) is 1.56. The van der Waals surface area contributed by atoms with Crippen LogP contribution in [0.5, 0.6) is 0 Å². The van der Waals surface area contributed by atoms with Gasteiger partial charge in [-0.15, -0.1) is 0 Å². The zero-order valence-electron chi connectivity index (χ0n) is 10.1. The van der Waals surface area contributed by atoms with Gasteiger partial charge in [-0.05, 0) is 19.8 Å². The standard InChI is InChI=1S/C12H19F2IO2/c1-2-17-11(16)12(13,14)9-7-5-3-4-6-8-10(9)15/h9-10H,2-8H2,1H3. The van der Waals surface area contributed by atoms with Gasteiger partial charge in [0.05, 0.1) is 6.61 Å². The van der Waals surface area contributed by atoms with Crippen LogP contribution in [-0.2, 0) is 9.53 Å². The minimum Gasteiger partial charge on any atom is -0.462 e. The number of carbonyl (C=O) groups excluding carboxylic acids is 1. The molecule has 0 aliphatic heterocycles. The molecule has 1 fully saturated rings. The Morgan fingerprint density at radius 2 is 1.88 bits per heavy atom. The number of alkyl halides is 3. The fourth-order valence-corrected chi connectivity index (χ4v) is 3.48. The van der Waals surface area contributed by atoms with Crippen LogP contribution in [0.25, 0.3) is 0 Å². The summed E-state index contributed by atoms with van der Waals surface area (Å²) in [6, 6.07) is 0. The largest absolute Gasteiger partial charge is 0.462 e. The summed E-state index contributed by atoms with van der Waals surface area (Å²) < 4.78 is 32.3. The highest BCUT2D eigenvalue weighted by molar-refractivity contribution is 14.1. The van der Waals surface area contributed by atoms with Crippen LogP contribution in [0.15, 0.2) is 0 Å². The molecular weight excluding hydrogens is 341 g/mol. The lowest BCUT2D eigenvalue weighted by atomic mass is 9.86. The van der Waals surface area contributed by atoms with Crippen molar-refractivity contribution in [3.63, 3.8) is 0 Å². The van der Waals surface area contributed by atoms with Gasteiger partial charge in [-0.1, -0.05) is 48.3 Å². The highest BCUT2D eigenvalue weighted by Gasteiger charge is 2.50. The quantitative estimate of drug-likeness (QED) is 0.433. The second kappa shape index (κ2) is 6.85. The van der Waals surface area contributed by atoms with E-state index in [1.165, 1.54) is 0 Å². The van der Waals surface area contributed by atoms with E-state index in [2.05, 4.69) is 27.3 Å². The van der Waals surface area contributed by atoms with Gasteiger partial charge in [0.15, 0.2) is 0 Å². The van der Waals surface area contributed by atoms with Crippen LogP contribution in [0, 0.1) is 5.92 Å². The average molecular weight is 360 g/mol. The highest BCUT2D eigenvalue weighted by Crippen LogP contribution is 2.39. The van der Waals surface area contributed by atoms with Crippen LogP contribution in [0.4, 0.5) is 8.78 Å². The normalized spacial score (nSPS) is 27.1. The molecule has 1 aliphatic carbocycles. The zero-order chi connectivity index (χ0) is 12.9. The molecule has 0 N–H and O–H groups in total. The topological polar surface area (TPSA) is 26.3 Å². The summed E-state index contributed by atoms with van der Waals surface area (Å²) in [4.78, 5) is 11.3. The first-order valence-corrected chi connectivity index (χ1v) is 7.43. The van der Waals surface area contributed by atoms with Gasteiger partial charge < -0.3 is 4.74 Å². The fourth-order valence-electron chi connectivity index (χ4n) is 2.23. The van der Waals surface area contributed by atoms with E-state index in [9.17, 15) is 13.6 Å². The Balaban J connectivity index is 2.74. The number of hydrogen-bond acceptors (Lipinski definition) is 2. The number of halogens is 3. The molecule has 0 amide bonds. The van der Waals surface area contributed by atoms with Crippen LogP contribution in [0.2, 0.25) is 0 Å². The van der Waals surface area contributed by atoms with E-state index in [1.807, 2.05) is 0 Å². The SMILES string of the molecule is CCOC(=O)C(F)(F)C1CCCCCCC1I. The first-order chi connectivity index (χ1) is 8.00. The zero-order valence-corrected chi connectivity index (χ0v) is 12.2. The molecule has 0 spiro atoms. The molecule has 0 aromatic carbocycles. The second-order valence-corrected chi connectivity index (χ2v) is 6.06. The molecule has 1 saturated carbocycles. The Bertz CT molecular complexity index is 259. The van der Waals surface area contributed by atoms with Crippen LogP contribution in [-0.4, -0.2) is 22.4 Å². The van der Waals surface area contributed by atoms with E-state index >= 15 is 0 Å². The first-order valence-electron chi connectivity index (χ1n) is 6.19.